The molecule has 7 aromatic carbocycles. The number of aromatic nitrogens is 2. The van der Waals surface area contributed by atoms with Gasteiger partial charge in [-0.25, -0.2) is 29.5 Å². The molecule has 10 aromatic rings. The summed E-state index contributed by atoms with van der Waals surface area (Å²) in [5.41, 5.74) is -0.628. The first-order chi connectivity index (χ1) is 28.7. The predicted octanol–water partition coefficient (Wildman–Crippen LogP) is 6.80. The Morgan fingerprint density at radius 3 is 1.41 bits per heavy atom. The molecule has 0 saturated heterocycles. The average Bonchev–Trinajstić information content (AvgIpc) is 4.05. The van der Waals surface area contributed by atoms with Gasteiger partial charge in [0.15, 0.2) is 10.7 Å². The quantitative estimate of drug-likeness (QED) is 0.148. The lowest BCUT2D eigenvalue weighted by atomic mass is 10.0. The summed E-state index contributed by atoms with van der Waals surface area (Å²) < 4.78 is 12.7. The van der Waals surface area contributed by atoms with Crippen molar-refractivity contribution in [3.63, 3.8) is 0 Å². The molecule has 284 valence electrons. The summed E-state index contributed by atoms with van der Waals surface area (Å²) in [4.78, 5) is 100. The zero-order valence-electron chi connectivity index (χ0n) is 30.1. The van der Waals surface area contributed by atoms with E-state index >= 15 is 0 Å². The largest absolute Gasteiger partial charge is 0.457 e. The van der Waals surface area contributed by atoms with E-state index < -0.39 is 33.7 Å². The van der Waals surface area contributed by atoms with Gasteiger partial charge in [0.1, 0.15) is 29.1 Å². The molecule has 0 N–H and O–H groups in total. The number of thiophene rings is 1. The molecule has 0 bridgehead atoms. The third-order valence-electron chi connectivity index (χ3n) is 9.74. The van der Waals surface area contributed by atoms with Gasteiger partial charge in [-0.1, -0.05) is 132 Å². The summed E-state index contributed by atoms with van der Waals surface area (Å²) in [7, 11) is 0. The van der Waals surface area contributed by atoms with Crippen LogP contribution in [0.4, 0.5) is 10.3 Å². The van der Waals surface area contributed by atoms with Crippen LogP contribution in [0.3, 0.4) is 0 Å². The number of nitrogens with zero attached hydrogens (tertiary/aromatic N) is 4. The standard InChI is InChI=1S/C44H22N4O8S3/c49-33-23-15-7-8-16-24(23)34(50)31(33)46-43-45-30-29(42(54)56-20-22-13-5-2-6-14-22)37-27(28(38(30)58-43)41(53)55-19-21-11-3-1-4-12-21)39-40(57-37)48-44(59-39)47-32-35(51)25-17-9-10-18-26(25)36(32)52/h1-18H,19-20H2. The highest BCUT2D eigenvalue weighted by atomic mass is 32.1. The van der Waals surface area contributed by atoms with Crippen molar-refractivity contribution in [2.24, 2.45) is 9.98 Å². The summed E-state index contributed by atoms with van der Waals surface area (Å²) in [5.74, 6) is -1.51. The van der Waals surface area contributed by atoms with Crippen molar-refractivity contribution in [1.29, 1.82) is 0 Å². The fourth-order valence-corrected chi connectivity index (χ4v) is 10.3. The smallest absolute Gasteiger partial charge is 0.342 e. The van der Waals surface area contributed by atoms with Crippen molar-refractivity contribution in [1.82, 2.24) is 9.97 Å². The second-order valence-corrected chi connectivity index (χ2v) is 16.3. The van der Waals surface area contributed by atoms with Crippen molar-refractivity contribution >= 4 is 108 Å². The molecule has 0 spiro atoms. The van der Waals surface area contributed by atoms with E-state index in [9.17, 15) is 28.8 Å². The number of rotatable bonds is 8. The maximum absolute atomic E-state index is 14.5. The number of hydrogen-bond donors (Lipinski definition) is 0. The van der Waals surface area contributed by atoms with Crippen LogP contribution in [0.15, 0.2) is 138 Å². The molecule has 0 saturated carbocycles. The van der Waals surface area contributed by atoms with Crippen LogP contribution in [-0.4, -0.2) is 21.9 Å². The molecule has 0 aliphatic carbocycles. The van der Waals surface area contributed by atoms with E-state index in [1.807, 2.05) is 36.4 Å². The van der Waals surface area contributed by atoms with Crippen LogP contribution in [-0.2, 0) is 22.7 Å². The number of fused-ring (bicyclic) bond motifs is 6. The molecule has 0 unspecified atom stereocenters. The molecule has 59 heavy (non-hydrogen) atoms. The average molecular weight is 831 g/mol. The molecule has 0 aliphatic heterocycles. The van der Waals surface area contributed by atoms with Gasteiger partial charge in [0.05, 0.1) is 19.7 Å². The van der Waals surface area contributed by atoms with E-state index in [2.05, 4.69) is 20.0 Å². The van der Waals surface area contributed by atoms with E-state index in [0.29, 0.717) is 19.6 Å². The van der Waals surface area contributed by atoms with E-state index in [0.717, 1.165) is 45.1 Å². The number of hydrogen-bond acceptors (Lipinski definition) is 15. The zero-order chi connectivity index (χ0) is 40.4. The number of carbonyl (C=O) groups excluding carboxylic acids is 2. The number of ether oxygens (including phenoxy) is 2. The maximum atomic E-state index is 14.5. The minimum Gasteiger partial charge on any atom is -0.457 e. The van der Waals surface area contributed by atoms with E-state index in [1.165, 1.54) is 0 Å². The van der Waals surface area contributed by atoms with E-state index in [4.69, 9.17) is 9.47 Å². The van der Waals surface area contributed by atoms with Crippen molar-refractivity contribution in [2.75, 3.05) is 0 Å². The molecule has 0 aliphatic rings. The van der Waals surface area contributed by atoms with Crippen LogP contribution in [0.2, 0.25) is 0 Å². The van der Waals surface area contributed by atoms with Gasteiger partial charge < -0.3 is 9.47 Å². The third kappa shape index (κ3) is 6.10. The summed E-state index contributed by atoms with van der Waals surface area (Å²) in [5, 5.41) is 0.622. The molecule has 10 rings (SSSR count). The number of thiazole rings is 2. The van der Waals surface area contributed by atoms with Crippen LogP contribution in [0.1, 0.15) is 31.8 Å². The normalized spacial score (nSPS) is 11.6. The Labute approximate surface area is 341 Å². The van der Waals surface area contributed by atoms with E-state index in [1.54, 1.807) is 72.8 Å². The van der Waals surface area contributed by atoms with Gasteiger partial charge in [-0.15, -0.1) is 11.3 Å². The lowest BCUT2D eigenvalue weighted by Gasteiger charge is -2.11. The Kier molecular flexibility index (Phi) is 8.78. The highest BCUT2D eigenvalue weighted by molar-refractivity contribution is 7.34. The predicted molar refractivity (Wildman–Crippen MR) is 227 cm³/mol. The number of esters is 2. The third-order valence-corrected chi connectivity index (χ3v) is 12.9. The summed E-state index contributed by atoms with van der Waals surface area (Å²) in [6.45, 7) is -0.160. The molecular weight excluding hydrogens is 809 g/mol. The van der Waals surface area contributed by atoms with Crippen LogP contribution >= 0.6 is 34.0 Å². The molecular formula is C44H22N4O8S3. The molecule has 0 atom stereocenters. The first-order valence-electron chi connectivity index (χ1n) is 17.9. The Balaban J connectivity index is 1.23. The Morgan fingerprint density at radius 1 is 0.492 bits per heavy atom. The zero-order valence-corrected chi connectivity index (χ0v) is 32.5. The second-order valence-electron chi connectivity index (χ2n) is 13.3. The van der Waals surface area contributed by atoms with E-state index in [-0.39, 0.29) is 77.1 Å². The number of benzene rings is 5. The Bertz CT molecular complexity index is 3610. The van der Waals surface area contributed by atoms with Crippen molar-refractivity contribution in [3.8, 4) is 0 Å². The minimum atomic E-state index is -0.757. The highest BCUT2D eigenvalue weighted by Crippen LogP contribution is 2.48. The lowest BCUT2D eigenvalue weighted by Crippen LogP contribution is -2.31. The van der Waals surface area contributed by atoms with Gasteiger partial charge in [0, 0.05) is 26.9 Å². The molecule has 0 radical (unpaired) electrons. The van der Waals surface area contributed by atoms with Crippen LogP contribution in [0.5, 0.6) is 0 Å². The van der Waals surface area contributed by atoms with Crippen molar-refractivity contribution in [2.45, 2.75) is 13.2 Å². The van der Waals surface area contributed by atoms with Crippen LogP contribution in [0.25, 0.3) is 51.4 Å². The molecule has 12 nitrogen and oxygen atoms in total. The number of carbonyl (C=O) groups is 2. The van der Waals surface area contributed by atoms with Gasteiger partial charge in [-0.2, -0.15) is 0 Å². The van der Waals surface area contributed by atoms with Crippen molar-refractivity contribution < 1.29 is 19.1 Å². The van der Waals surface area contributed by atoms with Gasteiger partial charge in [-0.3, -0.25) is 19.2 Å². The Hall–Kier alpha value is -7.20. The fraction of sp³-hybridized carbons (Fsp3) is 0.0455. The van der Waals surface area contributed by atoms with Gasteiger partial charge in [-0.05, 0) is 11.1 Å². The molecule has 0 fully saturated rings. The van der Waals surface area contributed by atoms with Gasteiger partial charge in [0.2, 0.25) is 32.0 Å². The molecule has 3 heterocycles. The summed E-state index contributed by atoms with van der Waals surface area (Å²) >= 11 is 3.01. The van der Waals surface area contributed by atoms with Gasteiger partial charge >= 0.3 is 11.9 Å². The summed E-state index contributed by atoms with van der Waals surface area (Å²) in [6, 6.07) is 31.0. The minimum absolute atomic E-state index is 0.0141. The topological polar surface area (TPSA) is 171 Å². The van der Waals surface area contributed by atoms with Gasteiger partial charge in [0.25, 0.3) is 0 Å². The van der Waals surface area contributed by atoms with Crippen molar-refractivity contribution in [3.05, 3.63) is 183 Å². The molecule has 3 aromatic heterocycles. The lowest BCUT2D eigenvalue weighted by molar-refractivity contribution is 0.0465. The second kappa shape index (κ2) is 14.3. The SMILES string of the molecule is O=C(OCc1ccccc1)c1c2nc(N=c3c(=O)c4ccccc4c3=O)sc2c(C(=O)OCc2ccccc2)c2c1sc1nc(N=c3c(=O)c4ccccc4c3=O)sc12. The fourth-order valence-electron chi connectivity index (χ4n) is 6.98. The first kappa shape index (κ1) is 36.2. The monoisotopic (exact) mass is 830 g/mol. The summed E-state index contributed by atoms with van der Waals surface area (Å²) in [6.07, 6.45) is 0. The maximum Gasteiger partial charge on any atom is 0.342 e. The molecule has 0 amide bonds. The Morgan fingerprint density at radius 2 is 0.915 bits per heavy atom. The molecule has 15 heteroatoms. The van der Waals surface area contributed by atoms with Crippen LogP contribution in [0, 0.1) is 0 Å². The van der Waals surface area contributed by atoms with Crippen LogP contribution < -0.4 is 32.4 Å². The highest BCUT2D eigenvalue weighted by Gasteiger charge is 2.32. The first-order valence-corrected chi connectivity index (χ1v) is 20.4.